The minimum Gasteiger partial charge on any atom is -0.353 e. The summed E-state index contributed by atoms with van der Waals surface area (Å²) in [6, 6.07) is 2.08. The van der Waals surface area contributed by atoms with Crippen molar-refractivity contribution < 1.29 is 0 Å². The van der Waals surface area contributed by atoms with Gasteiger partial charge in [0.25, 0.3) is 0 Å². The number of hydrogen-bond acceptors (Lipinski definition) is 5. The second-order valence-electron chi connectivity index (χ2n) is 5.61. The largest absolute Gasteiger partial charge is 0.353 e. The van der Waals surface area contributed by atoms with Crippen LogP contribution in [0.15, 0.2) is 11.4 Å². The zero-order chi connectivity index (χ0) is 13.6. The third kappa shape index (κ3) is 2.30. The maximum absolute atomic E-state index is 6.05. The van der Waals surface area contributed by atoms with E-state index in [1.165, 1.54) is 0 Å². The normalized spacial score (nSPS) is 20.1. The standard InChI is InChI=1S/C13H17ClN4S/c1-13(2)8-18(6-5-17(13)3)10-9-4-7-19-11(9)16-12(14)15-10/h4,7H,5-6,8H2,1-3H3. The molecule has 2 aromatic heterocycles. The van der Waals surface area contributed by atoms with Crippen LogP contribution in [0.25, 0.3) is 10.2 Å². The monoisotopic (exact) mass is 296 g/mol. The van der Waals surface area contributed by atoms with Crippen LogP contribution >= 0.6 is 22.9 Å². The number of rotatable bonds is 1. The van der Waals surface area contributed by atoms with E-state index in [9.17, 15) is 0 Å². The van der Waals surface area contributed by atoms with E-state index in [0.29, 0.717) is 5.28 Å². The van der Waals surface area contributed by atoms with E-state index < -0.39 is 0 Å². The molecule has 1 aliphatic heterocycles. The van der Waals surface area contributed by atoms with E-state index in [1.54, 1.807) is 11.3 Å². The van der Waals surface area contributed by atoms with Crippen molar-refractivity contribution in [2.75, 3.05) is 31.6 Å². The predicted molar refractivity (Wildman–Crippen MR) is 81.3 cm³/mol. The summed E-state index contributed by atoms with van der Waals surface area (Å²) in [5.41, 5.74) is 0.137. The molecule has 1 aliphatic rings. The van der Waals surface area contributed by atoms with Gasteiger partial charge >= 0.3 is 0 Å². The van der Waals surface area contributed by atoms with Gasteiger partial charge in [0.15, 0.2) is 0 Å². The highest BCUT2D eigenvalue weighted by molar-refractivity contribution is 7.16. The summed E-state index contributed by atoms with van der Waals surface area (Å²) in [4.78, 5) is 14.4. The molecule has 1 saturated heterocycles. The van der Waals surface area contributed by atoms with Gasteiger partial charge in [0.1, 0.15) is 10.6 Å². The highest BCUT2D eigenvalue weighted by Crippen LogP contribution is 2.31. The van der Waals surface area contributed by atoms with Gasteiger partial charge in [-0.3, -0.25) is 4.90 Å². The Bertz CT molecular complexity index is 610. The molecule has 19 heavy (non-hydrogen) atoms. The molecule has 6 heteroatoms. The molecule has 3 rings (SSSR count). The van der Waals surface area contributed by atoms with Crippen molar-refractivity contribution in [3.8, 4) is 0 Å². The Labute approximate surface area is 122 Å². The number of thiophene rings is 1. The van der Waals surface area contributed by atoms with Crippen molar-refractivity contribution in [3.05, 3.63) is 16.7 Å². The third-order valence-corrected chi connectivity index (χ3v) is 4.87. The van der Waals surface area contributed by atoms with Crippen LogP contribution in [0.2, 0.25) is 5.28 Å². The molecule has 0 atom stereocenters. The van der Waals surface area contributed by atoms with Crippen LogP contribution in [0.5, 0.6) is 0 Å². The predicted octanol–water partition coefficient (Wildman–Crippen LogP) is 2.88. The van der Waals surface area contributed by atoms with Gasteiger partial charge in [-0.1, -0.05) is 0 Å². The summed E-state index contributed by atoms with van der Waals surface area (Å²) in [6.45, 7) is 7.46. The van der Waals surface area contributed by atoms with Gasteiger partial charge in [0, 0.05) is 25.2 Å². The maximum atomic E-state index is 6.05. The van der Waals surface area contributed by atoms with Gasteiger partial charge < -0.3 is 4.90 Å². The Hall–Kier alpha value is -0.910. The van der Waals surface area contributed by atoms with E-state index in [1.807, 2.05) is 5.38 Å². The Morgan fingerprint density at radius 3 is 2.84 bits per heavy atom. The molecule has 0 aliphatic carbocycles. The van der Waals surface area contributed by atoms with Gasteiger partial charge in [-0.05, 0) is 43.9 Å². The van der Waals surface area contributed by atoms with Crippen LogP contribution in [0.4, 0.5) is 5.82 Å². The average molecular weight is 297 g/mol. The van der Waals surface area contributed by atoms with Gasteiger partial charge in [-0.2, -0.15) is 4.98 Å². The number of fused-ring (bicyclic) bond motifs is 1. The van der Waals surface area contributed by atoms with Gasteiger partial charge in [-0.15, -0.1) is 11.3 Å². The first-order chi connectivity index (χ1) is 8.97. The van der Waals surface area contributed by atoms with E-state index >= 15 is 0 Å². The zero-order valence-corrected chi connectivity index (χ0v) is 12.9. The number of likely N-dealkylation sites (N-methyl/N-ethyl adjacent to an activating group) is 1. The molecule has 0 aromatic carbocycles. The Balaban J connectivity index is 2.02. The lowest BCUT2D eigenvalue weighted by molar-refractivity contribution is 0.138. The number of anilines is 1. The molecule has 102 valence electrons. The molecular formula is C13H17ClN4S. The first kappa shape index (κ1) is 13.1. The molecule has 0 amide bonds. The average Bonchev–Trinajstić information content (AvgIpc) is 2.79. The van der Waals surface area contributed by atoms with E-state index in [2.05, 4.69) is 46.7 Å². The number of hydrogen-bond donors (Lipinski definition) is 0. The van der Waals surface area contributed by atoms with E-state index in [0.717, 1.165) is 35.7 Å². The second-order valence-corrected chi connectivity index (χ2v) is 6.84. The van der Waals surface area contributed by atoms with Crippen molar-refractivity contribution in [1.29, 1.82) is 0 Å². The molecular weight excluding hydrogens is 280 g/mol. The highest BCUT2D eigenvalue weighted by Gasteiger charge is 2.32. The molecule has 0 unspecified atom stereocenters. The van der Waals surface area contributed by atoms with Crippen LogP contribution in [0.1, 0.15) is 13.8 Å². The molecule has 0 bridgehead atoms. The Kier molecular flexibility index (Phi) is 3.15. The van der Waals surface area contributed by atoms with Gasteiger partial charge in [0.2, 0.25) is 5.28 Å². The van der Waals surface area contributed by atoms with Crippen LogP contribution < -0.4 is 4.90 Å². The molecule has 2 aromatic rings. The Morgan fingerprint density at radius 1 is 1.32 bits per heavy atom. The summed E-state index contributed by atoms with van der Waals surface area (Å²) in [5, 5.41) is 3.48. The zero-order valence-electron chi connectivity index (χ0n) is 11.4. The first-order valence-corrected chi connectivity index (χ1v) is 7.60. The fraction of sp³-hybridized carbons (Fsp3) is 0.538. The van der Waals surface area contributed by atoms with E-state index in [-0.39, 0.29) is 5.54 Å². The smallest absolute Gasteiger partial charge is 0.225 e. The fourth-order valence-electron chi connectivity index (χ4n) is 2.48. The summed E-state index contributed by atoms with van der Waals surface area (Å²) in [5.74, 6) is 0.970. The topological polar surface area (TPSA) is 32.3 Å². The minimum atomic E-state index is 0.137. The lowest BCUT2D eigenvalue weighted by Gasteiger charge is -2.45. The van der Waals surface area contributed by atoms with Crippen LogP contribution in [0.3, 0.4) is 0 Å². The van der Waals surface area contributed by atoms with Gasteiger partial charge in [-0.25, -0.2) is 4.98 Å². The molecule has 3 heterocycles. The van der Waals surface area contributed by atoms with Crippen LogP contribution in [-0.2, 0) is 0 Å². The maximum Gasteiger partial charge on any atom is 0.225 e. The van der Waals surface area contributed by atoms with Crippen molar-refractivity contribution >= 4 is 39.0 Å². The number of nitrogens with zero attached hydrogens (tertiary/aromatic N) is 4. The number of halogens is 1. The van der Waals surface area contributed by atoms with Gasteiger partial charge in [0.05, 0.1) is 5.39 Å². The quantitative estimate of drug-likeness (QED) is 0.758. The van der Waals surface area contributed by atoms with Crippen LogP contribution in [0, 0.1) is 0 Å². The SMILES string of the molecule is CN1CCN(c2nc(Cl)nc3sccc23)CC1(C)C. The van der Waals surface area contributed by atoms with Crippen LogP contribution in [-0.4, -0.2) is 47.1 Å². The Morgan fingerprint density at radius 2 is 2.11 bits per heavy atom. The minimum absolute atomic E-state index is 0.137. The summed E-state index contributed by atoms with van der Waals surface area (Å²) in [6.07, 6.45) is 0. The fourth-order valence-corrected chi connectivity index (χ4v) is 3.45. The third-order valence-electron chi connectivity index (χ3n) is 3.89. The number of aromatic nitrogens is 2. The van der Waals surface area contributed by atoms with Crippen molar-refractivity contribution in [3.63, 3.8) is 0 Å². The lowest BCUT2D eigenvalue weighted by atomic mass is 9.99. The van der Waals surface area contributed by atoms with Crippen molar-refractivity contribution in [2.24, 2.45) is 0 Å². The first-order valence-electron chi connectivity index (χ1n) is 6.34. The summed E-state index contributed by atoms with van der Waals surface area (Å²) in [7, 11) is 2.17. The lowest BCUT2D eigenvalue weighted by Crippen LogP contribution is -2.57. The molecule has 4 nitrogen and oxygen atoms in total. The molecule has 0 radical (unpaired) electrons. The summed E-state index contributed by atoms with van der Waals surface area (Å²) < 4.78 is 0. The summed E-state index contributed by atoms with van der Waals surface area (Å²) >= 11 is 7.65. The second kappa shape index (κ2) is 4.58. The highest BCUT2D eigenvalue weighted by atomic mass is 35.5. The molecule has 0 N–H and O–H groups in total. The van der Waals surface area contributed by atoms with E-state index in [4.69, 9.17) is 11.6 Å². The number of piperazine rings is 1. The molecule has 0 spiro atoms. The van der Waals surface area contributed by atoms with Crippen molar-refractivity contribution in [1.82, 2.24) is 14.9 Å². The van der Waals surface area contributed by atoms with Crippen molar-refractivity contribution in [2.45, 2.75) is 19.4 Å². The molecule has 1 fully saturated rings. The molecule has 0 saturated carbocycles.